The number of nitrogens with one attached hydrogen (secondary N) is 2. The number of nitrogen functional groups attached to an aromatic ring is 2. The molecule has 6 N–H and O–H groups in total. The lowest BCUT2D eigenvalue weighted by atomic mass is 10.1. The first kappa shape index (κ1) is 15.3. The molecule has 21 heavy (non-hydrogen) atoms. The van der Waals surface area contributed by atoms with Crippen LogP contribution in [0.25, 0.3) is 0 Å². The largest absolute Gasteiger partial charge is 0.367 e. The van der Waals surface area contributed by atoms with Crippen LogP contribution < -0.4 is 11.5 Å². The second-order valence-electron chi connectivity index (χ2n) is 5.26. The predicted octanol–water partition coefficient (Wildman–Crippen LogP) is 1.60. The standard InChI is InChI=1S/C13H24N8/c14-12-16-10(18-20-12)8-6-4-2-1-3-5-7-9-11-17-13(15)21-19-11/h1-9H2,(H3,14,16,18,20)(H3,15,17,19,21). The Bertz CT molecular complexity index is 471. The van der Waals surface area contributed by atoms with Gasteiger partial charge in [-0.15, -0.1) is 10.2 Å². The lowest BCUT2D eigenvalue weighted by Crippen LogP contribution is -1.91. The molecule has 0 saturated heterocycles. The van der Waals surface area contributed by atoms with E-state index >= 15 is 0 Å². The van der Waals surface area contributed by atoms with Crippen molar-refractivity contribution in [3.63, 3.8) is 0 Å². The Kier molecular flexibility index (Phi) is 5.99. The monoisotopic (exact) mass is 292 g/mol. The summed E-state index contributed by atoms with van der Waals surface area (Å²) in [6.07, 6.45) is 10.4. The summed E-state index contributed by atoms with van der Waals surface area (Å²) in [6, 6.07) is 0. The van der Waals surface area contributed by atoms with Crippen LogP contribution in [0.2, 0.25) is 0 Å². The molecule has 0 aliphatic rings. The molecular formula is C13H24N8. The van der Waals surface area contributed by atoms with E-state index in [0.29, 0.717) is 11.9 Å². The van der Waals surface area contributed by atoms with E-state index in [1.165, 1.54) is 32.1 Å². The Labute approximate surface area is 124 Å². The van der Waals surface area contributed by atoms with Crippen molar-refractivity contribution >= 4 is 11.9 Å². The van der Waals surface area contributed by atoms with Crippen molar-refractivity contribution < 1.29 is 0 Å². The van der Waals surface area contributed by atoms with Crippen molar-refractivity contribution in [3.05, 3.63) is 11.6 Å². The van der Waals surface area contributed by atoms with Crippen LogP contribution in [0.15, 0.2) is 0 Å². The summed E-state index contributed by atoms with van der Waals surface area (Å²) in [4.78, 5) is 8.18. The Hall–Kier alpha value is -2.12. The smallest absolute Gasteiger partial charge is 0.239 e. The highest BCUT2D eigenvalue weighted by atomic mass is 15.3. The first-order chi connectivity index (χ1) is 10.2. The van der Waals surface area contributed by atoms with E-state index < -0.39 is 0 Å². The van der Waals surface area contributed by atoms with Crippen LogP contribution in [-0.4, -0.2) is 30.4 Å². The van der Waals surface area contributed by atoms with Gasteiger partial charge in [-0.1, -0.05) is 32.1 Å². The molecule has 0 aromatic carbocycles. The van der Waals surface area contributed by atoms with Gasteiger partial charge in [-0.25, -0.2) is 0 Å². The summed E-state index contributed by atoms with van der Waals surface area (Å²) in [5.41, 5.74) is 10.9. The quantitative estimate of drug-likeness (QED) is 0.491. The lowest BCUT2D eigenvalue weighted by Gasteiger charge is -2.01. The third-order valence-corrected chi connectivity index (χ3v) is 3.43. The van der Waals surface area contributed by atoms with Gasteiger partial charge in [0.05, 0.1) is 0 Å². The van der Waals surface area contributed by atoms with Gasteiger partial charge in [0.1, 0.15) is 11.6 Å². The van der Waals surface area contributed by atoms with Crippen LogP contribution in [0.4, 0.5) is 11.9 Å². The summed E-state index contributed by atoms with van der Waals surface area (Å²) >= 11 is 0. The summed E-state index contributed by atoms with van der Waals surface area (Å²) in [5.74, 6) is 2.44. The third-order valence-electron chi connectivity index (χ3n) is 3.43. The molecule has 0 bridgehead atoms. The molecule has 0 spiro atoms. The van der Waals surface area contributed by atoms with Crippen molar-refractivity contribution in [3.8, 4) is 0 Å². The van der Waals surface area contributed by atoms with Gasteiger partial charge in [0.15, 0.2) is 0 Å². The zero-order valence-electron chi connectivity index (χ0n) is 12.3. The number of H-pyrrole nitrogens is 2. The molecule has 0 aliphatic heterocycles. The molecule has 0 atom stereocenters. The van der Waals surface area contributed by atoms with Gasteiger partial charge < -0.3 is 11.5 Å². The molecule has 0 aliphatic carbocycles. The number of nitrogens with zero attached hydrogens (tertiary/aromatic N) is 4. The molecule has 0 fully saturated rings. The number of aromatic amines is 2. The average Bonchev–Trinajstić information content (AvgIpc) is 3.06. The maximum Gasteiger partial charge on any atom is 0.239 e. The number of aromatic nitrogens is 6. The fourth-order valence-corrected chi connectivity index (χ4v) is 2.31. The van der Waals surface area contributed by atoms with E-state index in [1.807, 2.05) is 0 Å². The minimum atomic E-state index is 0.332. The summed E-state index contributed by atoms with van der Waals surface area (Å²) in [7, 11) is 0. The Morgan fingerprint density at radius 2 is 1.00 bits per heavy atom. The van der Waals surface area contributed by atoms with Gasteiger partial charge >= 0.3 is 0 Å². The van der Waals surface area contributed by atoms with E-state index in [9.17, 15) is 0 Å². The topological polar surface area (TPSA) is 135 Å². The molecule has 0 radical (unpaired) electrons. The maximum absolute atomic E-state index is 5.45. The van der Waals surface area contributed by atoms with E-state index in [-0.39, 0.29) is 0 Å². The van der Waals surface area contributed by atoms with Crippen molar-refractivity contribution in [2.45, 2.75) is 57.8 Å². The van der Waals surface area contributed by atoms with Crippen LogP contribution in [0.5, 0.6) is 0 Å². The Morgan fingerprint density at radius 3 is 1.33 bits per heavy atom. The first-order valence-electron chi connectivity index (χ1n) is 7.57. The summed E-state index contributed by atoms with van der Waals surface area (Å²) in [5, 5.41) is 13.3. The molecule has 2 aromatic heterocycles. The lowest BCUT2D eigenvalue weighted by molar-refractivity contribution is 0.572. The Morgan fingerprint density at radius 1 is 0.619 bits per heavy atom. The van der Waals surface area contributed by atoms with E-state index in [2.05, 4.69) is 30.4 Å². The van der Waals surface area contributed by atoms with Gasteiger partial charge in [0.2, 0.25) is 11.9 Å². The predicted molar refractivity (Wildman–Crippen MR) is 81.3 cm³/mol. The highest BCUT2D eigenvalue weighted by molar-refractivity contribution is 5.12. The van der Waals surface area contributed by atoms with Crippen LogP contribution in [-0.2, 0) is 12.8 Å². The second kappa shape index (κ2) is 8.23. The van der Waals surface area contributed by atoms with Crippen LogP contribution in [0.1, 0.15) is 56.6 Å². The molecule has 116 valence electrons. The third kappa shape index (κ3) is 5.80. The van der Waals surface area contributed by atoms with E-state index in [4.69, 9.17) is 11.5 Å². The van der Waals surface area contributed by atoms with Crippen molar-refractivity contribution in [1.82, 2.24) is 30.4 Å². The van der Waals surface area contributed by atoms with Crippen molar-refractivity contribution in [2.75, 3.05) is 11.5 Å². The van der Waals surface area contributed by atoms with Gasteiger partial charge in [-0.05, 0) is 12.8 Å². The molecule has 8 nitrogen and oxygen atoms in total. The highest BCUT2D eigenvalue weighted by Crippen LogP contribution is 2.10. The van der Waals surface area contributed by atoms with Gasteiger partial charge in [-0.2, -0.15) is 9.97 Å². The normalized spacial score (nSPS) is 11.0. The fourth-order valence-electron chi connectivity index (χ4n) is 2.31. The van der Waals surface area contributed by atoms with Gasteiger partial charge in [0, 0.05) is 12.8 Å². The van der Waals surface area contributed by atoms with Gasteiger partial charge in [0.25, 0.3) is 0 Å². The zero-order chi connectivity index (χ0) is 14.9. The first-order valence-corrected chi connectivity index (χ1v) is 7.57. The Balaban J connectivity index is 1.40. The molecule has 0 amide bonds. The molecular weight excluding hydrogens is 268 g/mol. The molecule has 8 heteroatoms. The van der Waals surface area contributed by atoms with Crippen LogP contribution in [0.3, 0.4) is 0 Å². The number of aryl methyl sites for hydroxylation is 2. The van der Waals surface area contributed by atoms with Crippen LogP contribution >= 0.6 is 0 Å². The van der Waals surface area contributed by atoms with Crippen molar-refractivity contribution in [1.29, 1.82) is 0 Å². The number of hydrogen-bond donors (Lipinski definition) is 4. The molecule has 2 aromatic rings. The number of anilines is 2. The molecule has 2 heterocycles. The summed E-state index contributed by atoms with van der Waals surface area (Å²) < 4.78 is 0. The van der Waals surface area contributed by atoms with E-state index in [0.717, 1.165) is 37.3 Å². The fraction of sp³-hybridized carbons (Fsp3) is 0.692. The van der Waals surface area contributed by atoms with Gasteiger partial charge in [-0.3, -0.25) is 10.2 Å². The van der Waals surface area contributed by atoms with Crippen molar-refractivity contribution in [2.24, 2.45) is 0 Å². The maximum atomic E-state index is 5.45. The number of nitrogens with two attached hydrogens (primary N) is 2. The second-order valence-corrected chi connectivity index (χ2v) is 5.26. The zero-order valence-corrected chi connectivity index (χ0v) is 12.3. The number of hydrogen-bond acceptors (Lipinski definition) is 6. The molecule has 0 saturated carbocycles. The van der Waals surface area contributed by atoms with E-state index in [1.54, 1.807) is 0 Å². The van der Waals surface area contributed by atoms with Crippen LogP contribution in [0, 0.1) is 0 Å². The average molecular weight is 292 g/mol. The minimum absolute atomic E-state index is 0.332. The molecule has 2 rings (SSSR count). The summed E-state index contributed by atoms with van der Waals surface area (Å²) in [6.45, 7) is 0. The SMILES string of the molecule is Nc1n[nH]c(CCCCCCCCCc2nc(N)n[nH]2)n1. The number of rotatable bonds is 10. The highest BCUT2D eigenvalue weighted by Gasteiger charge is 2.00. The molecule has 0 unspecified atom stereocenters. The number of unbranched alkanes of at least 4 members (excludes halogenated alkanes) is 6. The minimum Gasteiger partial charge on any atom is -0.367 e.